The number of nitrogen functional groups attached to an aromatic ring is 1. The van der Waals surface area contributed by atoms with Crippen LogP contribution in [0.4, 0.5) is 5.69 Å². The van der Waals surface area contributed by atoms with Crippen LogP contribution < -0.4 is 20.5 Å². The van der Waals surface area contributed by atoms with Crippen LogP contribution in [0.1, 0.15) is 17.3 Å². The van der Waals surface area contributed by atoms with Gasteiger partial charge in [0.25, 0.3) is 5.91 Å². The summed E-state index contributed by atoms with van der Waals surface area (Å²) in [5, 5.41) is 11.5. The number of hydrogen-bond acceptors (Lipinski definition) is 5. The number of carbonyl (C=O) groups excluding carboxylic acids is 1. The van der Waals surface area contributed by atoms with Crippen molar-refractivity contribution in [1.29, 1.82) is 0 Å². The number of amides is 1. The first-order valence-electron chi connectivity index (χ1n) is 5.22. The molecular formula is C11H14N2O4. The lowest BCUT2D eigenvalue weighted by atomic mass is 10.1. The van der Waals surface area contributed by atoms with Crippen molar-refractivity contribution < 1.29 is 19.4 Å². The van der Waals surface area contributed by atoms with E-state index in [-0.39, 0.29) is 25.3 Å². The number of nitrogens with two attached hydrogens (primary N) is 1. The van der Waals surface area contributed by atoms with E-state index in [0.717, 1.165) is 0 Å². The van der Waals surface area contributed by atoms with Gasteiger partial charge in [0.1, 0.15) is 0 Å². The van der Waals surface area contributed by atoms with E-state index in [9.17, 15) is 4.79 Å². The zero-order chi connectivity index (χ0) is 12.4. The number of rotatable bonds is 3. The number of anilines is 1. The smallest absolute Gasteiger partial charge is 0.253 e. The van der Waals surface area contributed by atoms with Crippen molar-refractivity contribution in [2.24, 2.45) is 0 Å². The van der Waals surface area contributed by atoms with Gasteiger partial charge in [0.2, 0.25) is 6.79 Å². The van der Waals surface area contributed by atoms with Gasteiger partial charge in [0.15, 0.2) is 11.5 Å². The minimum absolute atomic E-state index is 0.129. The first-order chi connectivity index (χ1) is 8.11. The molecule has 1 aromatic carbocycles. The Morgan fingerprint density at radius 2 is 2.18 bits per heavy atom. The van der Waals surface area contributed by atoms with Gasteiger partial charge in [-0.05, 0) is 13.0 Å². The molecule has 1 amide bonds. The van der Waals surface area contributed by atoms with E-state index in [1.807, 2.05) is 0 Å². The lowest BCUT2D eigenvalue weighted by Gasteiger charge is -2.12. The summed E-state index contributed by atoms with van der Waals surface area (Å²) >= 11 is 0. The Balaban J connectivity index is 2.23. The second kappa shape index (κ2) is 4.50. The fraction of sp³-hybridized carbons (Fsp3) is 0.364. The number of hydrogen-bond donors (Lipinski definition) is 3. The first-order valence-corrected chi connectivity index (χ1v) is 5.22. The van der Waals surface area contributed by atoms with Crippen LogP contribution in [0, 0.1) is 0 Å². The first kappa shape index (κ1) is 11.5. The third-order valence-electron chi connectivity index (χ3n) is 2.44. The van der Waals surface area contributed by atoms with Crippen LogP contribution in [-0.2, 0) is 0 Å². The van der Waals surface area contributed by atoms with Crippen LogP contribution in [0.15, 0.2) is 12.1 Å². The highest BCUT2D eigenvalue weighted by Crippen LogP contribution is 2.35. The van der Waals surface area contributed by atoms with Crippen LogP contribution in [0.2, 0.25) is 0 Å². The molecule has 1 unspecified atom stereocenters. The summed E-state index contributed by atoms with van der Waals surface area (Å²) in [4.78, 5) is 11.8. The molecule has 6 nitrogen and oxygen atoms in total. The molecule has 4 N–H and O–H groups in total. The molecule has 0 fully saturated rings. The van der Waals surface area contributed by atoms with Gasteiger partial charge in [-0.3, -0.25) is 4.79 Å². The van der Waals surface area contributed by atoms with E-state index in [2.05, 4.69) is 5.32 Å². The number of ether oxygens (including phenoxy) is 2. The van der Waals surface area contributed by atoms with E-state index in [1.165, 1.54) is 6.07 Å². The van der Waals surface area contributed by atoms with E-state index in [4.69, 9.17) is 20.3 Å². The summed E-state index contributed by atoms with van der Waals surface area (Å²) in [6.07, 6.45) is 0. The van der Waals surface area contributed by atoms with Gasteiger partial charge in [-0.25, -0.2) is 0 Å². The Morgan fingerprint density at radius 3 is 2.82 bits per heavy atom. The number of nitrogens with one attached hydrogen (secondary N) is 1. The largest absolute Gasteiger partial charge is 0.454 e. The predicted molar refractivity (Wildman–Crippen MR) is 61.0 cm³/mol. The zero-order valence-electron chi connectivity index (χ0n) is 9.40. The second-order valence-corrected chi connectivity index (χ2v) is 3.85. The van der Waals surface area contributed by atoms with Gasteiger partial charge in [-0.1, -0.05) is 0 Å². The molecule has 0 saturated carbocycles. The topological polar surface area (TPSA) is 93.8 Å². The second-order valence-electron chi connectivity index (χ2n) is 3.85. The molecule has 0 spiro atoms. The molecule has 1 aromatic rings. The van der Waals surface area contributed by atoms with E-state index < -0.39 is 0 Å². The predicted octanol–water partition coefficient (Wildman–Crippen LogP) is 0.108. The molecule has 0 aliphatic carbocycles. The molecule has 1 aliphatic heterocycles. The Hall–Kier alpha value is -1.95. The summed E-state index contributed by atoms with van der Waals surface area (Å²) in [6.45, 7) is 1.70. The van der Waals surface area contributed by atoms with Gasteiger partial charge in [-0.2, -0.15) is 0 Å². The lowest BCUT2D eigenvalue weighted by molar-refractivity contribution is 0.0923. The van der Waals surface area contributed by atoms with Crippen LogP contribution in [0.5, 0.6) is 11.5 Å². The van der Waals surface area contributed by atoms with E-state index in [1.54, 1.807) is 13.0 Å². The van der Waals surface area contributed by atoms with E-state index in [0.29, 0.717) is 22.7 Å². The van der Waals surface area contributed by atoms with Gasteiger partial charge in [-0.15, -0.1) is 0 Å². The van der Waals surface area contributed by atoms with Crippen molar-refractivity contribution in [3.63, 3.8) is 0 Å². The highest BCUT2D eigenvalue weighted by atomic mass is 16.7. The maximum atomic E-state index is 11.8. The molecule has 0 bridgehead atoms. The third kappa shape index (κ3) is 2.26. The van der Waals surface area contributed by atoms with E-state index >= 15 is 0 Å². The van der Waals surface area contributed by atoms with Crippen molar-refractivity contribution >= 4 is 11.6 Å². The molecule has 1 aliphatic rings. The number of aliphatic hydroxyl groups is 1. The molecule has 1 atom stereocenters. The molecular weight excluding hydrogens is 224 g/mol. The van der Waals surface area contributed by atoms with Crippen LogP contribution >= 0.6 is 0 Å². The molecule has 2 rings (SSSR count). The molecule has 17 heavy (non-hydrogen) atoms. The molecule has 92 valence electrons. The maximum absolute atomic E-state index is 11.8. The standard InChI is InChI=1S/C11H14N2O4/c1-6(4-14)13-11(15)7-2-9-10(3-8(7)12)17-5-16-9/h2-3,6,14H,4-5,12H2,1H3,(H,13,15). The quantitative estimate of drug-likeness (QED) is 0.650. The summed E-state index contributed by atoms with van der Waals surface area (Å²) in [5.74, 6) is 0.692. The zero-order valence-corrected chi connectivity index (χ0v) is 9.40. The summed E-state index contributed by atoms with van der Waals surface area (Å²) < 4.78 is 10.3. The fourth-order valence-corrected chi connectivity index (χ4v) is 1.50. The van der Waals surface area contributed by atoms with Crippen LogP contribution in [0.3, 0.4) is 0 Å². The molecule has 1 heterocycles. The third-order valence-corrected chi connectivity index (χ3v) is 2.44. The number of aliphatic hydroxyl groups excluding tert-OH is 1. The van der Waals surface area contributed by atoms with Gasteiger partial charge < -0.3 is 25.6 Å². The normalized spacial score (nSPS) is 14.5. The van der Waals surface area contributed by atoms with Crippen molar-refractivity contribution in [3.05, 3.63) is 17.7 Å². The van der Waals surface area contributed by atoms with Gasteiger partial charge in [0.05, 0.1) is 12.2 Å². The van der Waals surface area contributed by atoms with Crippen molar-refractivity contribution in [1.82, 2.24) is 5.32 Å². The Morgan fingerprint density at radius 1 is 1.53 bits per heavy atom. The highest BCUT2D eigenvalue weighted by molar-refractivity contribution is 6.00. The van der Waals surface area contributed by atoms with Gasteiger partial charge in [0, 0.05) is 17.8 Å². The van der Waals surface area contributed by atoms with Crippen molar-refractivity contribution in [2.45, 2.75) is 13.0 Å². The molecule has 6 heteroatoms. The lowest BCUT2D eigenvalue weighted by Crippen LogP contribution is -2.35. The fourth-order valence-electron chi connectivity index (χ4n) is 1.50. The van der Waals surface area contributed by atoms with Crippen LogP contribution in [0.25, 0.3) is 0 Å². The minimum atomic E-state index is -0.345. The van der Waals surface area contributed by atoms with Crippen molar-refractivity contribution in [3.8, 4) is 11.5 Å². The summed E-state index contributed by atoms with van der Waals surface area (Å²) in [5.41, 5.74) is 6.38. The van der Waals surface area contributed by atoms with Crippen molar-refractivity contribution in [2.75, 3.05) is 19.1 Å². The number of benzene rings is 1. The monoisotopic (exact) mass is 238 g/mol. The molecule has 0 aromatic heterocycles. The Bertz CT molecular complexity index is 447. The average Bonchev–Trinajstić information content (AvgIpc) is 2.74. The minimum Gasteiger partial charge on any atom is -0.454 e. The average molecular weight is 238 g/mol. The van der Waals surface area contributed by atoms with Gasteiger partial charge >= 0.3 is 0 Å². The summed E-state index contributed by atoms with van der Waals surface area (Å²) in [6, 6.07) is 2.77. The number of carbonyl (C=O) groups is 1. The Labute approximate surface area is 98.3 Å². The highest BCUT2D eigenvalue weighted by Gasteiger charge is 2.20. The molecule has 0 saturated heterocycles. The molecule has 0 radical (unpaired) electrons. The SMILES string of the molecule is CC(CO)NC(=O)c1cc2c(cc1N)OCO2. The summed E-state index contributed by atoms with van der Waals surface area (Å²) in [7, 11) is 0. The maximum Gasteiger partial charge on any atom is 0.253 e. The van der Waals surface area contributed by atoms with Crippen LogP contribution in [-0.4, -0.2) is 30.5 Å². The number of fused-ring (bicyclic) bond motifs is 1. The Kier molecular flexibility index (Phi) is 3.06.